The molecule has 1 amide bonds. The number of nitrogens with one attached hydrogen (secondary N) is 2. The summed E-state index contributed by atoms with van der Waals surface area (Å²) in [6.07, 6.45) is 56.9. The molecule has 0 aromatic carbocycles. The maximum Gasteiger partial charge on any atom is 0.306 e. The third-order valence-corrected chi connectivity index (χ3v) is 11.3. The van der Waals surface area contributed by atoms with Gasteiger partial charge in [-0.3, -0.25) is 9.59 Å². The third kappa shape index (κ3) is 36.9. The van der Waals surface area contributed by atoms with Crippen LogP contribution in [0.5, 0.6) is 0 Å². The van der Waals surface area contributed by atoms with Crippen LogP contribution in [0.2, 0.25) is 0 Å². The molecular weight excluding hydrogens is 743 g/mol. The van der Waals surface area contributed by atoms with Gasteiger partial charge in [0, 0.05) is 31.9 Å². The van der Waals surface area contributed by atoms with Gasteiger partial charge in [0.2, 0.25) is 0 Å². The van der Waals surface area contributed by atoms with Crippen molar-refractivity contribution in [2.75, 3.05) is 26.7 Å². The van der Waals surface area contributed by atoms with Gasteiger partial charge < -0.3 is 25.0 Å². The Morgan fingerprint density at radius 2 is 1.13 bits per heavy atom. The number of aliphatic hydroxyl groups excluding tert-OH is 1. The molecule has 0 aliphatic carbocycles. The molecule has 1 atom stereocenters. The van der Waals surface area contributed by atoms with E-state index in [1.807, 2.05) is 7.05 Å². The largest absolute Gasteiger partial charge is 0.462 e. The number of aromatic amines is 1. The van der Waals surface area contributed by atoms with Crippen LogP contribution in [0, 0.1) is 0 Å². The second kappa shape index (κ2) is 42.8. The van der Waals surface area contributed by atoms with E-state index in [9.17, 15) is 14.7 Å². The maximum absolute atomic E-state index is 13.0. The molecule has 0 aliphatic rings. The van der Waals surface area contributed by atoms with Crippen molar-refractivity contribution in [1.29, 1.82) is 0 Å². The number of likely N-dealkylation sites (N-methyl/N-ethyl adjacent to an activating group) is 1. The fourth-order valence-electron chi connectivity index (χ4n) is 7.54. The van der Waals surface area contributed by atoms with E-state index < -0.39 is 6.10 Å². The lowest BCUT2D eigenvalue weighted by Crippen LogP contribution is -2.30. The molecule has 1 rings (SSSR count). The van der Waals surface area contributed by atoms with Crippen LogP contribution in [0.1, 0.15) is 223 Å². The lowest BCUT2D eigenvalue weighted by Gasteiger charge is -2.21. The Labute approximate surface area is 369 Å². The summed E-state index contributed by atoms with van der Waals surface area (Å²) in [6, 6.07) is 1.76. The molecule has 1 heterocycles. The molecule has 0 fully saturated rings. The summed E-state index contributed by atoms with van der Waals surface area (Å²) in [5.74, 6) is -0.147. The predicted molar refractivity (Wildman–Crippen MR) is 258 cm³/mol. The van der Waals surface area contributed by atoms with E-state index in [1.165, 1.54) is 128 Å². The van der Waals surface area contributed by atoms with Crippen molar-refractivity contribution < 1.29 is 19.4 Å². The Kier molecular flexibility index (Phi) is 39.3. The number of esters is 1. The normalized spacial score (nSPS) is 12.7. The fourth-order valence-corrected chi connectivity index (χ4v) is 7.54. The summed E-state index contributed by atoms with van der Waals surface area (Å²) in [7, 11) is 2.01. The van der Waals surface area contributed by atoms with Gasteiger partial charge in [-0.25, -0.2) is 0 Å². The highest BCUT2D eigenvalue weighted by molar-refractivity contribution is 5.93. The number of nitrogens with zero attached hydrogens (tertiary/aromatic N) is 1. The van der Waals surface area contributed by atoms with Crippen LogP contribution in [-0.4, -0.2) is 65.8 Å². The van der Waals surface area contributed by atoms with Crippen LogP contribution < -0.4 is 5.32 Å². The molecule has 1 unspecified atom stereocenters. The number of hydrogen-bond acceptors (Lipinski definition) is 5. The Bertz CT molecular complexity index is 1160. The van der Waals surface area contributed by atoms with Crippen molar-refractivity contribution in [1.82, 2.24) is 15.2 Å². The highest BCUT2D eigenvalue weighted by Crippen LogP contribution is 2.19. The highest BCUT2D eigenvalue weighted by atomic mass is 16.5. The van der Waals surface area contributed by atoms with E-state index in [2.05, 4.69) is 77.7 Å². The Morgan fingerprint density at radius 1 is 0.650 bits per heavy atom. The number of unbranched alkanes of at least 4 members (excludes halogenated alkanes) is 19. The van der Waals surface area contributed by atoms with Crippen molar-refractivity contribution in [3.63, 3.8) is 0 Å². The highest BCUT2D eigenvalue weighted by Gasteiger charge is 2.15. The SMILES string of the molecule is CCCCC/C=C\C/C=C\CCCCCCCCC(CCCCCCCC/C=C\C/C=C\CCCCC)OC(=O)CCCN(C)CC(O)CCCCNC(=O)c1cc[nH]c1. The molecule has 0 aliphatic heterocycles. The molecule has 7 nitrogen and oxygen atoms in total. The molecule has 0 saturated carbocycles. The first kappa shape index (κ1) is 55.1. The average Bonchev–Trinajstić information content (AvgIpc) is 3.79. The maximum atomic E-state index is 13.0. The molecule has 0 saturated heterocycles. The number of allylic oxidation sites excluding steroid dienone is 8. The van der Waals surface area contributed by atoms with Crippen LogP contribution in [0.25, 0.3) is 0 Å². The number of carbonyl (C=O) groups excluding carboxylic acids is 2. The minimum Gasteiger partial charge on any atom is -0.462 e. The minimum absolute atomic E-state index is 0.0292. The molecule has 3 N–H and O–H groups in total. The number of rotatable bonds is 43. The van der Waals surface area contributed by atoms with E-state index >= 15 is 0 Å². The van der Waals surface area contributed by atoms with Crippen molar-refractivity contribution in [2.45, 2.75) is 225 Å². The fraction of sp³-hybridized carbons (Fsp3) is 0.736. The van der Waals surface area contributed by atoms with Crippen LogP contribution in [0.4, 0.5) is 0 Å². The lowest BCUT2D eigenvalue weighted by atomic mass is 10.0. The van der Waals surface area contributed by atoms with Crippen LogP contribution in [0.3, 0.4) is 0 Å². The first-order chi connectivity index (χ1) is 29.5. The van der Waals surface area contributed by atoms with Gasteiger partial charge >= 0.3 is 5.97 Å². The first-order valence-electron chi connectivity index (χ1n) is 25.0. The molecule has 0 bridgehead atoms. The zero-order valence-corrected chi connectivity index (χ0v) is 39.2. The van der Waals surface area contributed by atoms with Gasteiger partial charge in [0.05, 0.1) is 11.7 Å². The predicted octanol–water partition coefficient (Wildman–Crippen LogP) is 14.3. The summed E-state index contributed by atoms with van der Waals surface area (Å²) in [5.41, 5.74) is 0.635. The van der Waals surface area contributed by atoms with E-state index in [-0.39, 0.29) is 18.0 Å². The Morgan fingerprint density at radius 3 is 1.63 bits per heavy atom. The van der Waals surface area contributed by atoms with Crippen molar-refractivity contribution in [3.05, 3.63) is 72.6 Å². The number of amides is 1. The zero-order chi connectivity index (χ0) is 43.4. The van der Waals surface area contributed by atoms with Crippen molar-refractivity contribution in [2.24, 2.45) is 0 Å². The number of hydrogen-bond donors (Lipinski definition) is 3. The van der Waals surface area contributed by atoms with Crippen molar-refractivity contribution >= 4 is 11.9 Å². The summed E-state index contributed by atoms with van der Waals surface area (Å²) in [5, 5.41) is 13.5. The van der Waals surface area contributed by atoms with Gasteiger partial charge in [-0.15, -0.1) is 0 Å². The summed E-state index contributed by atoms with van der Waals surface area (Å²) in [4.78, 5) is 30.0. The van der Waals surface area contributed by atoms with Crippen LogP contribution >= 0.6 is 0 Å². The number of H-pyrrole nitrogens is 1. The Hall–Kier alpha value is -2.90. The monoisotopic (exact) mass is 836 g/mol. The summed E-state index contributed by atoms with van der Waals surface area (Å²) in [6.45, 7) is 6.44. The molecule has 1 aromatic heterocycles. The average molecular weight is 836 g/mol. The number of ether oxygens (including phenoxy) is 1. The van der Waals surface area contributed by atoms with Gasteiger partial charge in [0.25, 0.3) is 5.91 Å². The summed E-state index contributed by atoms with van der Waals surface area (Å²) < 4.78 is 6.12. The van der Waals surface area contributed by atoms with E-state index in [0.717, 1.165) is 64.3 Å². The smallest absolute Gasteiger partial charge is 0.306 e. The molecule has 0 spiro atoms. The quantitative estimate of drug-likeness (QED) is 0.0346. The van der Waals surface area contributed by atoms with Crippen LogP contribution in [-0.2, 0) is 9.53 Å². The number of aromatic nitrogens is 1. The summed E-state index contributed by atoms with van der Waals surface area (Å²) >= 11 is 0. The van der Waals surface area contributed by atoms with Gasteiger partial charge in [-0.2, -0.15) is 0 Å². The minimum atomic E-state index is -0.421. The number of aliphatic hydroxyl groups is 1. The zero-order valence-electron chi connectivity index (χ0n) is 39.2. The van der Waals surface area contributed by atoms with Gasteiger partial charge in [-0.05, 0) is 135 Å². The second-order valence-electron chi connectivity index (χ2n) is 17.2. The van der Waals surface area contributed by atoms with Gasteiger partial charge in [-0.1, -0.05) is 140 Å². The topological polar surface area (TPSA) is 94.7 Å². The second-order valence-corrected chi connectivity index (χ2v) is 17.2. The number of carbonyl (C=O) groups is 2. The molecular formula is C53H93N3O4. The van der Waals surface area contributed by atoms with Crippen molar-refractivity contribution in [3.8, 4) is 0 Å². The third-order valence-electron chi connectivity index (χ3n) is 11.3. The van der Waals surface area contributed by atoms with E-state index in [1.54, 1.807) is 18.5 Å². The lowest BCUT2D eigenvalue weighted by molar-refractivity contribution is -0.150. The molecule has 344 valence electrons. The van der Waals surface area contributed by atoms with Gasteiger partial charge in [0.1, 0.15) is 6.10 Å². The molecule has 7 heteroatoms. The first-order valence-corrected chi connectivity index (χ1v) is 25.0. The molecule has 0 radical (unpaired) electrons. The standard InChI is InChI=1S/C53H93N3O4/c1-4-6-8-10-12-14-16-18-20-22-24-26-28-30-32-34-40-51(41-35-33-31-29-27-25-23-21-19-17-15-13-11-9-7-5-2)60-52(58)42-38-46-56(3)48-50(57)39-36-37-44-55-53(59)49-43-45-54-47-49/h12-15,18-21,43,45,47,50-51,54,57H,4-11,16-17,22-42,44,46,48H2,1-3H3,(H,55,59)/b14-12-,15-13-,20-18-,21-19-. The van der Waals surface area contributed by atoms with E-state index in [4.69, 9.17) is 4.74 Å². The Balaban J connectivity index is 2.29. The van der Waals surface area contributed by atoms with Gasteiger partial charge in [0.15, 0.2) is 0 Å². The molecule has 60 heavy (non-hydrogen) atoms. The van der Waals surface area contributed by atoms with E-state index in [0.29, 0.717) is 31.5 Å². The molecule has 1 aromatic rings. The van der Waals surface area contributed by atoms with Crippen LogP contribution in [0.15, 0.2) is 67.1 Å².